The number of nitrogens with one attached hydrogen (secondary N) is 1. The first-order valence-electron chi connectivity index (χ1n) is 5.94. The van der Waals surface area contributed by atoms with Crippen molar-refractivity contribution >= 4 is 46.0 Å². The van der Waals surface area contributed by atoms with Crippen molar-refractivity contribution in [3.8, 4) is 0 Å². The molecule has 0 aromatic heterocycles. The maximum absolute atomic E-state index is 12.4. The van der Waals surface area contributed by atoms with Crippen molar-refractivity contribution in [1.29, 1.82) is 0 Å². The molecule has 0 atom stereocenters. The summed E-state index contributed by atoms with van der Waals surface area (Å²) in [7, 11) is 1.56. The zero-order valence-electron chi connectivity index (χ0n) is 10.9. The van der Waals surface area contributed by atoms with Crippen molar-refractivity contribution in [2.45, 2.75) is 13.3 Å². The van der Waals surface area contributed by atoms with Crippen molar-refractivity contribution in [3.05, 3.63) is 32.4 Å². The summed E-state index contributed by atoms with van der Waals surface area (Å²) in [5.41, 5.74) is 0.533. The van der Waals surface area contributed by atoms with E-state index >= 15 is 0 Å². The molecular weight excluding hydrogens is 379 g/mol. The van der Waals surface area contributed by atoms with Gasteiger partial charge in [-0.3, -0.25) is 9.59 Å². The Labute approximate surface area is 131 Å². The van der Waals surface area contributed by atoms with E-state index in [4.69, 9.17) is 11.6 Å². The van der Waals surface area contributed by atoms with Gasteiger partial charge in [0, 0.05) is 22.2 Å². The van der Waals surface area contributed by atoms with E-state index in [-0.39, 0.29) is 18.4 Å². The molecule has 0 aliphatic heterocycles. The van der Waals surface area contributed by atoms with Crippen LogP contribution in [-0.4, -0.2) is 36.9 Å². The summed E-state index contributed by atoms with van der Waals surface area (Å²) in [5, 5.41) is 3.04. The van der Waals surface area contributed by atoms with Gasteiger partial charge in [0.2, 0.25) is 5.91 Å². The molecule has 1 aromatic rings. The number of rotatable bonds is 5. The van der Waals surface area contributed by atoms with Gasteiger partial charge < -0.3 is 10.2 Å². The molecule has 19 heavy (non-hydrogen) atoms. The Morgan fingerprint density at radius 3 is 2.68 bits per heavy atom. The van der Waals surface area contributed by atoms with Crippen molar-refractivity contribution in [2.75, 3.05) is 20.1 Å². The molecule has 4 nitrogen and oxygen atoms in total. The minimum Gasteiger partial charge on any atom is -0.358 e. The van der Waals surface area contributed by atoms with E-state index in [1.165, 1.54) is 4.90 Å². The van der Waals surface area contributed by atoms with Crippen LogP contribution in [0.2, 0.25) is 5.02 Å². The molecule has 0 aliphatic carbocycles. The molecule has 0 saturated heterocycles. The van der Waals surface area contributed by atoms with Gasteiger partial charge in [-0.2, -0.15) is 0 Å². The molecule has 0 fully saturated rings. The molecule has 0 heterocycles. The predicted molar refractivity (Wildman–Crippen MR) is 84.4 cm³/mol. The number of halogens is 2. The van der Waals surface area contributed by atoms with Gasteiger partial charge in [0.1, 0.15) is 0 Å². The lowest BCUT2D eigenvalue weighted by Crippen LogP contribution is -2.40. The van der Waals surface area contributed by atoms with Crippen LogP contribution in [0.1, 0.15) is 23.7 Å². The summed E-state index contributed by atoms with van der Waals surface area (Å²) in [4.78, 5) is 25.4. The van der Waals surface area contributed by atoms with Crippen LogP contribution in [0.3, 0.4) is 0 Å². The van der Waals surface area contributed by atoms with Crippen LogP contribution < -0.4 is 5.32 Å². The fraction of sp³-hybridized carbons (Fsp3) is 0.385. The van der Waals surface area contributed by atoms with Crippen LogP contribution in [0.4, 0.5) is 0 Å². The van der Waals surface area contributed by atoms with Gasteiger partial charge in [0.15, 0.2) is 0 Å². The highest BCUT2D eigenvalue weighted by Crippen LogP contribution is 2.19. The fourth-order valence-electron chi connectivity index (χ4n) is 1.61. The molecule has 1 N–H and O–H groups in total. The zero-order valence-corrected chi connectivity index (χ0v) is 13.8. The lowest BCUT2D eigenvalue weighted by atomic mass is 10.2. The molecule has 0 bridgehead atoms. The topological polar surface area (TPSA) is 49.4 Å². The van der Waals surface area contributed by atoms with Crippen LogP contribution in [-0.2, 0) is 4.79 Å². The Bertz CT molecular complexity index is 480. The summed E-state index contributed by atoms with van der Waals surface area (Å²) in [6.45, 7) is 2.56. The second-order valence-electron chi connectivity index (χ2n) is 4.02. The molecule has 1 aromatic carbocycles. The van der Waals surface area contributed by atoms with Crippen LogP contribution >= 0.6 is 34.2 Å². The van der Waals surface area contributed by atoms with Gasteiger partial charge in [-0.15, -0.1) is 0 Å². The van der Waals surface area contributed by atoms with E-state index in [1.54, 1.807) is 25.2 Å². The normalized spacial score (nSPS) is 10.1. The van der Waals surface area contributed by atoms with Gasteiger partial charge in [-0.25, -0.2) is 0 Å². The number of carbonyl (C=O) groups is 2. The quantitative estimate of drug-likeness (QED) is 0.780. The third-order valence-corrected chi connectivity index (χ3v) is 3.73. The highest BCUT2D eigenvalue weighted by Gasteiger charge is 2.19. The first kappa shape index (κ1) is 16.2. The van der Waals surface area contributed by atoms with E-state index < -0.39 is 0 Å². The van der Waals surface area contributed by atoms with E-state index in [9.17, 15) is 9.59 Å². The molecule has 104 valence electrons. The van der Waals surface area contributed by atoms with E-state index in [1.807, 2.05) is 6.92 Å². The van der Waals surface area contributed by atoms with Crippen molar-refractivity contribution in [1.82, 2.24) is 10.2 Å². The molecule has 0 spiro atoms. The summed E-state index contributed by atoms with van der Waals surface area (Å²) < 4.78 is 0.824. The predicted octanol–water partition coefficient (Wildman–Crippen LogP) is 2.54. The molecule has 1 rings (SSSR count). The second-order valence-corrected chi connectivity index (χ2v) is 5.62. The van der Waals surface area contributed by atoms with Crippen molar-refractivity contribution in [2.24, 2.45) is 0 Å². The average Bonchev–Trinajstić information content (AvgIpc) is 2.40. The molecule has 0 radical (unpaired) electrons. The molecule has 2 amide bonds. The summed E-state index contributed by atoms with van der Waals surface area (Å²) in [6, 6.07) is 5.17. The van der Waals surface area contributed by atoms with Crippen molar-refractivity contribution < 1.29 is 9.59 Å². The number of benzene rings is 1. The lowest BCUT2D eigenvalue weighted by Gasteiger charge is -2.22. The molecule has 0 unspecified atom stereocenters. The number of hydrogen-bond acceptors (Lipinski definition) is 2. The largest absolute Gasteiger partial charge is 0.358 e. The first-order chi connectivity index (χ1) is 8.99. The standard InChI is InChI=1S/C13H16ClIN2O2/c1-3-6-17(8-12(18)16-2)13(19)10-7-9(14)4-5-11(10)15/h4-5,7H,3,6,8H2,1-2H3,(H,16,18). The van der Waals surface area contributed by atoms with Crippen LogP contribution in [0.5, 0.6) is 0 Å². The Hall–Kier alpha value is -0.820. The monoisotopic (exact) mass is 394 g/mol. The van der Waals surface area contributed by atoms with Gasteiger partial charge >= 0.3 is 0 Å². The molecule has 6 heteroatoms. The number of amides is 2. The first-order valence-corrected chi connectivity index (χ1v) is 7.40. The smallest absolute Gasteiger partial charge is 0.255 e. The van der Waals surface area contributed by atoms with Crippen LogP contribution in [0.25, 0.3) is 0 Å². The summed E-state index contributed by atoms with van der Waals surface area (Å²) in [5.74, 6) is -0.351. The lowest BCUT2D eigenvalue weighted by molar-refractivity contribution is -0.121. The minimum absolute atomic E-state index is 0.0613. The number of nitrogens with zero attached hydrogens (tertiary/aromatic N) is 1. The van der Waals surface area contributed by atoms with Crippen molar-refractivity contribution in [3.63, 3.8) is 0 Å². The van der Waals surface area contributed by atoms with E-state index in [0.717, 1.165) is 9.99 Å². The minimum atomic E-state index is -0.182. The SMILES string of the molecule is CCCN(CC(=O)NC)C(=O)c1cc(Cl)ccc1I. The Morgan fingerprint density at radius 2 is 2.11 bits per heavy atom. The Kier molecular flexibility index (Phi) is 6.57. The Morgan fingerprint density at radius 1 is 1.42 bits per heavy atom. The highest BCUT2D eigenvalue weighted by atomic mass is 127. The van der Waals surface area contributed by atoms with E-state index in [2.05, 4.69) is 27.9 Å². The number of hydrogen-bond donors (Lipinski definition) is 1. The second kappa shape index (κ2) is 7.69. The van der Waals surface area contributed by atoms with E-state index in [0.29, 0.717) is 17.1 Å². The molecule has 0 saturated carbocycles. The summed E-state index contributed by atoms with van der Waals surface area (Å²) in [6.07, 6.45) is 0.792. The van der Waals surface area contributed by atoms with Crippen LogP contribution in [0.15, 0.2) is 18.2 Å². The van der Waals surface area contributed by atoms with Crippen LogP contribution in [0, 0.1) is 3.57 Å². The fourth-order valence-corrected chi connectivity index (χ4v) is 2.34. The third kappa shape index (κ3) is 4.65. The maximum atomic E-state index is 12.4. The highest BCUT2D eigenvalue weighted by molar-refractivity contribution is 14.1. The van der Waals surface area contributed by atoms with Gasteiger partial charge in [-0.05, 0) is 47.2 Å². The van der Waals surface area contributed by atoms with Gasteiger partial charge in [-0.1, -0.05) is 18.5 Å². The zero-order chi connectivity index (χ0) is 14.4. The van der Waals surface area contributed by atoms with Gasteiger partial charge in [0.05, 0.1) is 12.1 Å². The molecule has 0 aliphatic rings. The average molecular weight is 395 g/mol. The Balaban J connectivity index is 2.98. The number of carbonyl (C=O) groups excluding carboxylic acids is 2. The summed E-state index contributed by atoms with van der Waals surface area (Å²) >= 11 is 8.01. The third-order valence-electron chi connectivity index (χ3n) is 2.55. The van der Waals surface area contributed by atoms with Gasteiger partial charge in [0.25, 0.3) is 5.91 Å². The maximum Gasteiger partial charge on any atom is 0.255 e. The number of likely N-dealkylation sites (N-methyl/N-ethyl adjacent to an activating group) is 1. The molecular formula is C13H16ClIN2O2.